The minimum atomic E-state index is -1.00. The second-order valence-corrected chi connectivity index (χ2v) is 7.77. The zero-order chi connectivity index (χ0) is 21.0. The van der Waals surface area contributed by atoms with E-state index in [1.165, 1.54) is 18.7 Å². The van der Waals surface area contributed by atoms with Crippen LogP contribution < -0.4 is 15.0 Å². The van der Waals surface area contributed by atoms with Crippen LogP contribution in [0.3, 0.4) is 0 Å². The van der Waals surface area contributed by atoms with E-state index in [9.17, 15) is 14.7 Å². The fraction of sp³-hybridized carbons (Fsp3) is 0.333. The van der Waals surface area contributed by atoms with E-state index in [1.54, 1.807) is 49.4 Å². The van der Waals surface area contributed by atoms with E-state index in [-0.39, 0.29) is 11.7 Å². The molecule has 0 saturated carbocycles. The summed E-state index contributed by atoms with van der Waals surface area (Å²) in [7, 11) is 3.39. The van der Waals surface area contributed by atoms with E-state index >= 15 is 0 Å². The van der Waals surface area contributed by atoms with Crippen LogP contribution in [0.5, 0.6) is 11.5 Å². The number of fused-ring (bicyclic) bond motifs is 1. The Morgan fingerprint density at radius 3 is 2.59 bits per heavy atom. The van der Waals surface area contributed by atoms with Crippen LogP contribution in [-0.4, -0.2) is 50.3 Å². The molecule has 7 nitrogen and oxygen atoms in total. The maximum Gasteiger partial charge on any atom is 0.303 e. The number of nitrogens with zero attached hydrogens (tertiary/aromatic N) is 1. The lowest BCUT2D eigenvalue weighted by Gasteiger charge is -2.27. The highest BCUT2D eigenvalue weighted by Crippen LogP contribution is 2.47. The van der Waals surface area contributed by atoms with Crippen molar-refractivity contribution in [3.63, 3.8) is 0 Å². The van der Waals surface area contributed by atoms with Gasteiger partial charge in [0.05, 0.1) is 18.0 Å². The van der Waals surface area contributed by atoms with E-state index in [2.05, 4.69) is 5.32 Å². The molecule has 1 heterocycles. The minimum absolute atomic E-state index is 0.108. The molecule has 1 amide bonds. The number of benzene rings is 2. The number of aromatic hydroxyl groups is 1. The number of phenolic OH excluding ortho intramolecular Hbond substituents is 1. The molecule has 0 radical (unpaired) electrons. The lowest BCUT2D eigenvalue weighted by atomic mass is 10.1. The zero-order valence-corrected chi connectivity index (χ0v) is 17.4. The van der Waals surface area contributed by atoms with Gasteiger partial charge in [-0.25, -0.2) is 0 Å². The number of hydrogen-bond donors (Lipinski definition) is 2. The molecule has 0 spiro atoms. The summed E-state index contributed by atoms with van der Waals surface area (Å²) in [5.74, 6) is -0.0221. The molecule has 29 heavy (non-hydrogen) atoms. The molecule has 2 aromatic rings. The third-order valence-electron chi connectivity index (χ3n) is 4.60. The third-order valence-corrected chi connectivity index (χ3v) is 5.95. The summed E-state index contributed by atoms with van der Waals surface area (Å²) in [5.41, 5.74) is 1.50. The highest BCUT2D eigenvalue weighted by atomic mass is 32.2. The van der Waals surface area contributed by atoms with Crippen LogP contribution in [-0.2, 0) is 14.3 Å². The smallest absolute Gasteiger partial charge is 0.303 e. The van der Waals surface area contributed by atoms with E-state index in [1.807, 2.05) is 12.1 Å². The zero-order valence-electron chi connectivity index (χ0n) is 16.5. The van der Waals surface area contributed by atoms with Crippen molar-refractivity contribution in [1.82, 2.24) is 5.32 Å². The Balaban J connectivity index is 2.10. The summed E-state index contributed by atoms with van der Waals surface area (Å²) in [6.45, 7) is 2.27. The first-order chi connectivity index (χ1) is 13.9. The summed E-state index contributed by atoms with van der Waals surface area (Å²) < 4.78 is 10.7. The molecule has 8 heteroatoms. The van der Waals surface area contributed by atoms with Crippen LogP contribution in [0, 0.1) is 0 Å². The first-order valence-corrected chi connectivity index (χ1v) is 10.1. The number of carbonyl (C=O) groups excluding carboxylic acids is 2. The number of phenols is 1. The number of nitrogens with one attached hydrogen (secondary N) is 1. The number of thioether (sulfide) groups is 1. The number of amides is 1. The van der Waals surface area contributed by atoms with Gasteiger partial charge in [0.2, 0.25) is 0 Å². The molecule has 1 aliphatic heterocycles. The molecule has 3 rings (SSSR count). The van der Waals surface area contributed by atoms with E-state index in [4.69, 9.17) is 9.47 Å². The Labute approximate surface area is 174 Å². The van der Waals surface area contributed by atoms with Crippen LogP contribution in [0.15, 0.2) is 47.4 Å². The van der Waals surface area contributed by atoms with Gasteiger partial charge in [0, 0.05) is 24.9 Å². The molecule has 0 aliphatic carbocycles. The molecule has 2 N–H and O–H groups in total. The Bertz CT molecular complexity index is 887. The molecule has 154 valence electrons. The number of rotatable bonds is 6. The van der Waals surface area contributed by atoms with Crippen molar-refractivity contribution in [3.05, 3.63) is 48.0 Å². The van der Waals surface area contributed by atoms with E-state index in [0.717, 1.165) is 10.5 Å². The van der Waals surface area contributed by atoms with Gasteiger partial charge >= 0.3 is 5.97 Å². The maximum absolute atomic E-state index is 13.5. The minimum Gasteiger partial charge on any atom is -0.508 e. The largest absolute Gasteiger partial charge is 0.508 e. The van der Waals surface area contributed by atoms with Crippen molar-refractivity contribution in [1.29, 1.82) is 0 Å². The molecule has 0 aromatic heterocycles. The number of anilines is 1. The second kappa shape index (κ2) is 9.19. The average Bonchev–Trinajstić information content (AvgIpc) is 2.81. The number of ether oxygens (including phenoxy) is 2. The van der Waals surface area contributed by atoms with E-state index < -0.39 is 17.3 Å². The van der Waals surface area contributed by atoms with Crippen molar-refractivity contribution in [2.75, 3.05) is 32.1 Å². The van der Waals surface area contributed by atoms with Crippen molar-refractivity contribution in [3.8, 4) is 11.5 Å². The van der Waals surface area contributed by atoms with Gasteiger partial charge in [-0.2, -0.15) is 0 Å². The van der Waals surface area contributed by atoms with Gasteiger partial charge in [-0.1, -0.05) is 12.1 Å². The molecule has 2 unspecified atom stereocenters. The summed E-state index contributed by atoms with van der Waals surface area (Å²) >= 11 is 1.39. The first-order valence-electron chi connectivity index (χ1n) is 9.21. The molecule has 0 saturated heterocycles. The average molecular weight is 416 g/mol. The lowest BCUT2D eigenvalue weighted by Crippen LogP contribution is -2.45. The lowest BCUT2D eigenvalue weighted by molar-refractivity contribution is -0.152. The number of likely N-dealkylation sites (N-methyl/N-ethyl adjacent to an activating group) is 1. The third kappa shape index (κ3) is 4.65. The summed E-state index contributed by atoms with van der Waals surface area (Å²) in [4.78, 5) is 27.6. The second-order valence-electron chi connectivity index (χ2n) is 6.59. The van der Waals surface area contributed by atoms with Gasteiger partial charge in [-0.15, -0.1) is 11.8 Å². The van der Waals surface area contributed by atoms with Gasteiger partial charge in [0.25, 0.3) is 5.91 Å². The van der Waals surface area contributed by atoms with Crippen molar-refractivity contribution in [2.24, 2.45) is 0 Å². The van der Waals surface area contributed by atoms with Gasteiger partial charge in [-0.3, -0.25) is 9.59 Å². The highest BCUT2D eigenvalue weighted by Gasteiger charge is 2.40. The van der Waals surface area contributed by atoms with Crippen molar-refractivity contribution in [2.45, 2.75) is 23.2 Å². The molecule has 0 fully saturated rings. The van der Waals surface area contributed by atoms with Crippen molar-refractivity contribution >= 4 is 29.3 Å². The number of hydrogen-bond acceptors (Lipinski definition) is 7. The molecular weight excluding hydrogens is 392 g/mol. The number of methoxy groups -OCH3 is 1. The maximum atomic E-state index is 13.5. The van der Waals surface area contributed by atoms with Crippen LogP contribution in [0.4, 0.5) is 5.69 Å². The van der Waals surface area contributed by atoms with Gasteiger partial charge in [0.15, 0.2) is 6.10 Å². The SMILES string of the molecule is CNCCN1C(=O)C(OC(C)=O)C(c2ccc(OC)cc2)Sc2cc(O)ccc21. The van der Waals surface area contributed by atoms with Crippen LogP contribution in [0.25, 0.3) is 0 Å². The summed E-state index contributed by atoms with van der Waals surface area (Å²) in [6, 6.07) is 12.2. The Hall–Kier alpha value is -2.71. The number of esters is 1. The molecule has 2 aromatic carbocycles. The number of carbonyl (C=O) groups is 2. The molecular formula is C21H24N2O5S. The van der Waals surface area contributed by atoms with Gasteiger partial charge in [-0.05, 0) is 42.9 Å². The van der Waals surface area contributed by atoms with E-state index in [0.29, 0.717) is 24.5 Å². The van der Waals surface area contributed by atoms with Gasteiger partial charge < -0.3 is 24.8 Å². The van der Waals surface area contributed by atoms with Crippen LogP contribution in [0.1, 0.15) is 17.7 Å². The summed E-state index contributed by atoms with van der Waals surface area (Å²) in [5, 5.41) is 12.6. The van der Waals surface area contributed by atoms with Gasteiger partial charge in [0.1, 0.15) is 11.5 Å². The molecule has 2 atom stereocenters. The Morgan fingerprint density at radius 2 is 1.97 bits per heavy atom. The predicted molar refractivity (Wildman–Crippen MR) is 112 cm³/mol. The Kier molecular flexibility index (Phi) is 6.66. The normalized spacial score (nSPS) is 18.7. The standard InChI is InChI=1S/C21H24N2O5S/c1-13(24)28-19-20(14-4-7-16(27-3)8-5-14)29-18-12-15(25)6-9-17(18)23(21(19)26)11-10-22-2/h4-9,12,19-20,22,25H,10-11H2,1-3H3. The summed E-state index contributed by atoms with van der Waals surface area (Å²) in [6.07, 6.45) is -1.00. The predicted octanol–water partition coefficient (Wildman–Crippen LogP) is 2.73. The fourth-order valence-electron chi connectivity index (χ4n) is 3.20. The van der Waals surface area contributed by atoms with Crippen molar-refractivity contribution < 1.29 is 24.2 Å². The molecule has 0 bridgehead atoms. The monoisotopic (exact) mass is 416 g/mol. The van der Waals surface area contributed by atoms with Crippen LogP contribution >= 0.6 is 11.8 Å². The quantitative estimate of drug-likeness (QED) is 0.700. The molecule has 1 aliphatic rings. The highest BCUT2D eigenvalue weighted by molar-refractivity contribution is 7.99. The Morgan fingerprint density at radius 1 is 1.24 bits per heavy atom. The fourth-order valence-corrected chi connectivity index (χ4v) is 4.55. The first kappa shape index (κ1) is 21.0. The van der Waals surface area contributed by atoms with Crippen LogP contribution in [0.2, 0.25) is 0 Å². The topological polar surface area (TPSA) is 88.1 Å².